The van der Waals surface area contributed by atoms with Crippen molar-refractivity contribution in [3.8, 4) is 0 Å². The molecule has 0 aromatic rings. The van der Waals surface area contributed by atoms with Crippen molar-refractivity contribution in [3.05, 3.63) is 0 Å². The summed E-state index contributed by atoms with van der Waals surface area (Å²) in [5.41, 5.74) is 0.284. The van der Waals surface area contributed by atoms with Gasteiger partial charge >= 0.3 is 5.97 Å². The highest BCUT2D eigenvalue weighted by molar-refractivity contribution is 6.37. The Bertz CT molecular complexity index is 164. The topological polar surface area (TPSA) is 64.7 Å². The number of hydrogen-bond donors (Lipinski definition) is 1. The monoisotopic (exact) mass is 158 g/mol. The van der Waals surface area contributed by atoms with Crippen LogP contribution in [-0.2, 0) is 9.53 Å². The predicted molar refractivity (Wildman–Crippen MR) is 43.1 cm³/mol. The van der Waals surface area contributed by atoms with Gasteiger partial charge < -0.3 is 10.6 Å². The maximum Gasteiger partial charge on any atom is 0.354 e. The van der Waals surface area contributed by atoms with Crippen LogP contribution in [0.3, 0.4) is 0 Å². The van der Waals surface area contributed by atoms with E-state index in [0.29, 0.717) is 6.61 Å². The smallest absolute Gasteiger partial charge is 0.354 e. The highest BCUT2D eigenvalue weighted by atomic mass is 16.5. The van der Waals surface area contributed by atoms with E-state index in [4.69, 9.17) is 10.6 Å². The van der Waals surface area contributed by atoms with Crippen LogP contribution < -0.4 is 5.84 Å². The van der Waals surface area contributed by atoms with Crippen LogP contribution in [0.1, 0.15) is 20.8 Å². The molecule has 0 aliphatic carbocycles. The van der Waals surface area contributed by atoms with Crippen molar-refractivity contribution in [2.45, 2.75) is 20.8 Å². The molecule has 4 heteroatoms. The van der Waals surface area contributed by atoms with E-state index in [1.807, 2.05) is 13.8 Å². The second-order valence-electron chi connectivity index (χ2n) is 2.39. The molecule has 11 heavy (non-hydrogen) atoms. The molecule has 0 aromatic heterocycles. The van der Waals surface area contributed by atoms with Crippen molar-refractivity contribution < 1.29 is 9.53 Å². The van der Waals surface area contributed by atoms with Crippen molar-refractivity contribution in [1.29, 1.82) is 0 Å². The molecule has 64 valence electrons. The van der Waals surface area contributed by atoms with Gasteiger partial charge in [0.2, 0.25) is 0 Å². The van der Waals surface area contributed by atoms with Gasteiger partial charge in [0.05, 0.1) is 6.61 Å². The molecule has 0 unspecified atom stereocenters. The summed E-state index contributed by atoms with van der Waals surface area (Å²) in [4.78, 5) is 11.0. The fraction of sp³-hybridized carbons (Fsp3) is 0.714. The van der Waals surface area contributed by atoms with E-state index in [2.05, 4.69) is 5.10 Å². The highest BCUT2D eigenvalue weighted by Crippen LogP contribution is 1.98. The molecular weight excluding hydrogens is 144 g/mol. The van der Waals surface area contributed by atoms with Crippen LogP contribution in [0.2, 0.25) is 0 Å². The van der Waals surface area contributed by atoms with Crippen LogP contribution in [0.15, 0.2) is 5.10 Å². The summed E-state index contributed by atoms with van der Waals surface area (Å²) < 4.78 is 4.71. The van der Waals surface area contributed by atoms with Crippen LogP contribution in [-0.4, -0.2) is 18.3 Å². The number of hydrogen-bond acceptors (Lipinski definition) is 4. The lowest BCUT2D eigenvalue weighted by Gasteiger charge is -2.06. The molecule has 0 aliphatic heterocycles. The van der Waals surface area contributed by atoms with Crippen molar-refractivity contribution in [2.75, 3.05) is 6.61 Å². The summed E-state index contributed by atoms with van der Waals surface area (Å²) >= 11 is 0. The molecule has 4 nitrogen and oxygen atoms in total. The first-order valence-corrected chi connectivity index (χ1v) is 3.58. The maximum atomic E-state index is 11.0. The maximum absolute atomic E-state index is 11.0. The molecule has 0 amide bonds. The van der Waals surface area contributed by atoms with Gasteiger partial charge in [0, 0.05) is 5.92 Å². The summed E-state index contributed by atoms with van der Waals surface area (Å²) in [6, 6.07) is 0. The second-order valence-corrected chi connectivity index (χ2v) is 2.39. The molecular formula is C7H14N2O2. The van der Waals surface area contributed by atoms with E-state index in [0.717, 1.165) is 0 Å². The molecule has 0 bridgehead atoms. The molecule has 0 fully saturated rings. The Morgan fingerprint density at radius 1 is 1.64 bits per heavy atom. The number of ether oxygens (including phenoxy) is 1. The number of carbonyl (C=O) groups is 1. The number of carbonyl (C=O) groups excluding carboxylic acids is 1. The Kier molecular flexibility index (Phi) is 4.26. The Balaban J connectivity index is 4.17. The molecule has 0 heterocycles. The zero-order chi connectivity index (χ0) is 8.85. The van der Waals surface area contributed by atoms with Crippen LogP contribution in [0.5, 0.6) is 0 Å². The molecule has 0 spiro atoms. The molecule has 0 atom stereocenters. The molecule has 0 saturated heterocycles. The van der Waals surface area contributed by atoms with Crippen LogP contribution in [0.4, 0.5) is 0 Å². The van der Waals surface area contributed by atoms with Gasteiger partial charge in [0.15, 0.2) is 0 Å². The summed E-state index contributed by atoms with van der Waals surface area (Å²) in [6.45, 7) is 5.77. The lowest BCUT2D eigenvalue weighted by Crippen LogP contribution is -2.24. The largest absolute Gasteiger partial charge is 0.461 e. The molecule has 2 N–H and O–H groups in total. The fourth-order valence-electron chi connectivity index (χ4n) is 0.643. The van der Waals surface area contributed by atoms with Crippen molar-refractivity contribution >= 4 is 11.7 Å². The van der Waals surface area contributed by atoms with E-state index < -0.39 is 5.97 Å². The van der Waals surface area contributed by atoms with E-state index in [-0.39, 0.29) is 11.6 Å². The van der Waals surface area contributed by atoms with Crippen molar-refractivity contribution in [2.24, 2.45) is 16.9 Å². The average Bonchev–Trinajstić information content (AvgIpc) is 1.88. The SMILES string of the molecule is CCOC(=O)/C(=N\N)C(C)C. The van der Waals surface area contributed by atoms with Gasteiger partial charge in [-0.25, -0.2) is 4.79 Å². The average molecular weight is 158 g/mol. The van der Waals surface area contributed by atoms with Gasteiger partial charge in [-0.05, 0) is 6.92 Å². The third-order valence-electron chi connectivity index (χ3n) is 1.17. The van der Waals surface area contributed by atoms with Crippen molar-refractivity contribution in [3.63, 3.8) is 0 Å². The zero-order valence-corrected chi connectivity index (χ0v) is 7.13. The predicted octanol–water partition coefficient (Wildman–Crippen LogP) is 0.520. The van der Waals surface area contributed by atoms with Crippen molar-refractivity contribution in [1.82, 2.24) is 0 Å². The standard InChI is InChI=1S/C7H14N2O2/c1-4-11-7(10)6(9-8)5(2)3/h5H,4,8H2,1-3H3/b9-6-. The number of esters is 1. The van der Waals surface area contributed by atoms with Gasteiger partial charge in [-0.3, -0.25) is 0 Å². The Hall–Kier alpha value is -1.06. The quantitative estimate of drug-likeness (QED) is 0.282. The lowest BCUT2D eigenvalue weighted by molar-refractivity contribution is -0.135. The van der Waals surface area contributed by atoms with E-state index in [9.17, 15) is 4.79 Å². The van der Waals surface area contributed by atoms with Gasteiger partial charge in [-0.1, -0.05) is 13.8 Å². The lowest BCUT2D eigenvalue weighted by atomic mass is 10.1. The van der Waals surface area contributed by atoms with Gasteiger partial charge in [-0.15, -0.1) is 0 Å². The number of nitrogens with zero attached hydrogens (tertiary/aromatic N) is 1. The normalized spacial score (nSPS) is 11.8. The highest BCUT2D eigenvalue weighted by Gasteiger charge is 2.15. The minimum absolute atomic E-state index is 0.0130. The van der Waals surface area contributed by atoms with E-state index in [1.165, 1.54) is 0 Å². The Morgan fingerprint density at radius 2 is 2.18 bits per heavy atom. The summed E-state index contributed by atoms with van der Waals surface area (Å²) in [6.07, 6.45) is 0. The third kappa shape index (κ3) is 3.02. The van der Waals surface area contributed by atoms with E-state index >= 15 is 0 Å². The molecule has 0 aliphatic rings. The number of rotatable bonds is 3. The first-order chi connectivity index (χ1) is 5.13. The first kappa shape index (κ1) is 9.94. The van der Waals surface area contributed by atoms with Crippen LogP contribution in [0, 0.1) is 5.92 Å². The minimum atomic E-state index is -0.426. The van der Waals surface area contributed by atoms with Crippen LogP contribution >= 0.6 is 0 Å². The van der Waals surface area contributed by atoms with Gasteiger partial charge in [-0.2, -0.15) is 5.10 Å². The zero-order valence-electron chi connectivity index (χ0n) is 7.13. The van der Waals surface area contributed by atoms with E-state index in [1.54, 1.807) is 6.92 Å². The molecule has 0 radical (unpaired) electrons. The minimum Gasteiger partial charge on any atom is -0.461 e. The van der Waals surface area contributed by atoms with Gasteiger partial charge in [0.25, 0.3) is 0 Å². The molecule has 0 saturated carbocycles. The fourth-order valence-corrected chi connectivity index (χ4v) is 0.643. The van der Waals surface area contributed by atoms with Gasteiger partial charge in [0.1, 0.15) is 5.71 Å². The molecule has 0 aromatic carbocycles. The number of hydrazone groups is 1. The van der Waals surface area contributed by atoms with Crippen LogP contribution in [0.25, 0.3) is 0 Å². The second kappa shape index (κ2) is 4.71. The third-order valence-corrected chi connectivity index (χ3v) is 1.17. The summed E-state index contributed by atoms with van der Waals surface area (Å²) in [5.74, 6) is 4.58. The summed E-state index contributed by atoms with van der Waals surface area (Å²) in [5, 5.41) is 3.35. The molecule has 0 rings (SSSR count). The Labute approximate surface area is 66.4 Å². The number of nitrogens with two attached hydrogens (primary N) is 1. The Morgan fingerprint density at radius 3 is 2.45 bits per heavy atom. The first-order valence-electron chi connectivity index (χ1n) is 3.58. The summed E-state index contributed by atoms with van der Waals surface area (Å²) in [7, 11) is 0.